The Bertz CT molecular complexity index is 234. The predicted octanol–water partition coefficient (Wildman–Crippen LogP) is 3.61. The minimum absolute atomic E-state index is 0.547. The normalized spacial score (nSPS) is 11.2. The van der Waals surface area contributed by atoms with Crippen molar-refractivity contribution in [3.8, 4) is 5.75 Å². The van der Waals surface area contributed by atoms with E-state index in [1.54, 1.807) is 0 Å². The number of para-hydroxylation sites is 1. The Hall–Kier alpha value is -0.400. The van der Waals surface area contributed by atoms with Crippen LogP contribution in [0.2, 0.25) is 0 Å². The highest BCUT2D eigenvalue weighted by Crippen LogP contribution is 2.28. The molecule has 3 heteroatoms. The van der Waals surface area contributed by atoms with Crippen LogP contribution in [0.5, 0.6) is 5.75 Å². The molecule has 0 bridgehead atoms. The van der Waals surface area contributed by atoms with Gasteiger partial charge in [-0.05, 0) is 12.1 Å². The van der Waals surface area contributed by atoms with E-state index in [9.17, 15) is 0 Å². The molecule has 1 nitrogen and oxygen atoms in total. The van der Waals surface area contributed by atoms with Gasteiger partial charge in [-0.1, -0.05) is 48.3 Å². The van der Waals surface area contributed by atoms with Gasteiger partial charge in [0.25, 0.3) is 4.52 Å². The van der Waals surface area contributed by atoms with Crippen LogP contribution in [0.4, 0.5) is 0 Å². The highest BCUT2D eigenvalue weighted by Gasteiger charge is 2.22. The molecule has 0 atom stereocenters. The van der Waals surface area contributed by atoms with Crippen LogP contribution in [-0.4, -0.2) is 4.52 Å². The van der Waals surface area contributed by atoms with E-state index in [2.05, 4.69) is 0 Å². The second-order valence-corrected chi connectivity index (χ2v) is 3.82. The maximum Gasteiger partial charge on any atom is 0.257 e. The molecule has 66 valence electrons. The Kier molecular flexibility index (Phi) is 3.24. The minimum atomic E-state index is -1.11. The van der Waals surface area contributed by atoms with E-state index in [4.69, 9.17) is 27.9 Å². The third kappa shape index (κ3) is 2.92. The predicted molar refractivity (Wildman–Crippen MR) is 51.8 cm³/mol. The molecule has 0 aliphatic rings. The number of hydrogen-bond acceptors (Lipinski definition) is 1. The SMILES string of the molecule is CCC(Cl)(Cl)Oc1ccccc1. The van der Waals surface area contributed by atoms with Crippen molar-refractivity contribution in [3.63, 3.8) is 0 Å². The fraction of sp³-hybridized carbons (Fsp3) is 0.333. The fourth-order valence-electron chi connectivity index (χ4n) is 0.733. The van der Waals surface area contributed by atoms with Gasteiger partial charge < -0.3 is 4.74 Å². The summed E-state index contributed by atoms with van der Waals surface area (Å²) in [6, 6.07) is 9.27. The summed E-state index contributed by atoms with van der Waals surface area (Å²) in [7, 11) is 0. The fourth-order valence-corrected chi connectivity index (χ4v) is 0.911. The quantitative estimate of drug-likeness (QED) is 0.685. The van der Waals surface area contributed by atoms with Crippen molar-refractivity contribution in [2.24, 2.45) is 0 Å². The molecule has 1 aromatic rings. The zero-order chi connectivity index (χ0) is 9.03. The Labute approximate surface area is 82.2 Å². The minimum Gasteiger partial charge on any atom is -0.458 e. The van der Waals surface area contributed by atoms with Gasteiger partial charge in [0.2, 0.25) is 0 Å². The summed E-state index contributed by atoms with van der Waals surface area (Å²) in [4.78, 5) is 0. The summed E-state index contributed by atoms with van der Waals surface area (Å²) in [6.07, 6.45) is 0.547. The largest absolute Gasteiger partial charge is 0.458 e. The topological polar surface area (TPSA) is 9.23 Å². The monoisotopic (exact) mass is 204 g/mol. The number of ether oxygens (including phenoxy) is 1. The molecule has 0 saturated heterocycles. The average molecular weight is 205 g/mol. The Morgan fingerprint density at radius 3 is 2.33 bits per heavy atom. The maximum absolute atomic E-state index is 5.80. The molecule has 0 fully saturated rings. The van der Waals surface area contributed by atoms with Gasteiger partial charge in [-0.3, -0.25) is 0 Å². The Morgan fingerprint density at radius 1 is 1.25 bits per heavy atom. The van der Waals surface area contributed by atoms with Crippen LogP contribution in [-0.2, 0) is 0 Å². The van der Waals surface area contributed by atoms with Gasteiger partial charge in [-0.2, -0.15) is 0 Å². The molecule has 0 aliphatic carbocycles. The number of hydrogen-bond donors (Lipinski definition) is 0. The number of rotatable bonds is 3. The maximum atomic E-state index is 5.80. The molecule has 0 heterocycles. The van der Waals surface area contributed by atoms with E-state index in [1.165, 1.54) is 0 Å². The van der Waals surface area contributed by atoms with Gasteiger partial charge in [0.05, 0.1) is 0 Å². The molecule has 12 heavy (non-hydrogen) atoms. The first-order chi connectivity index (χ1) is 5.64. The first-order valence-corrected chi connectivity index (χ1v) is 4.51. The average Bonchev–Trinajstić information content (AvgIpc) is 2.06. The molecule has 0 N–H and O–H groups in total. The van der Waals surface area contributed by atoms with E-state index in [0.717, 1.165) is 0 Å². The lowest BCUT2D eigenvalue weighted by atomic mass is 10.3. The third-order valence-corrected chi connectivity index (χ3v) is 2.11. The van der Waals surface area contributed by atoms with Crippen molar-refractivity contribution in [2.75, 3.05) is 0 Å². The second-order valence-electron chi connectivity index (χ2n) is 2.41. The van der Waals surface area contributed by atoms with Crippen molar-refractivity contribution in [3.05, 3.63) is 30.3 Å². The van der Waals surface area contributed by atoms with E-state index < -0.39 is 4.52 Å². The molecule has 1 aromatic carbocycles. The van der Waals surface area contributed by atoms with Crippen molar-refractivity contribution in [1.29, 1.82) is 0 Å². The summed E-state index contributed by atoms with van der Waals surface area (Å²) in [6.45, 7) is 1.86. The van der Waals surface area contributed by atoms with Gasteiger partial charge in [0.1, 0.15) is 5.75 Å². The zero-order valence-corrected chi connectivity index (χ0v) is 8.27. The molecular weight excluding hydrogens is 195 g/mol. The lowest BCUT2D eigenvalue weighted by Crippen LogP contribution is -2.19. The molecule has 1 rings (SSSR count). The zero-order valence-electron chi connectivity index (χ0n) is 6.76. The lowest BCUT2D eigenvalue weighted by molar-refractivity contribution is 0.237. The van der Waals surface area contributed by atoms with Crippen LogP contribution in [0.1, 0.15) is 13.3 Å². The number of alkyl halides is 2. The van der Waals surface area contributed by atoms with Crippen LogP contribution < -0.4 is 4.74 Å². The molecule has 0 aliphatic heterocycles. The molecule has 0 unspecified atom stereocenters. The highest BCUT2D eigenvalue weighted by molar-refractivity contribution is 6.47. The summed E-state index contributed by atoms with van der Waals surface area (Å²) in [5.74, 6) is 0.685. The van der Waals surface area contributed by atoms with Gasteiger partial charge in [-0.15, -0.1) is 0 Å². The van der Waals surface area contributed by atoms with Gasteiger partial charge in [0, 0.05) is 6.42 Å². The number of halogens is 2. The Morgan fingerprint density at radius 2 is 1.83 bits per heavy atom. The van der Waals surface area contributed by atoms with Crippen LogP contribution in [0.3, 0.4) is 0 Å². The summed E-state index contributed by atoms with van der Waals surface area (Å²) in [5, 5.41) is 0. The first-order valence-electron chi connectivity index (χ1n) is 3.76. The van der Waals surface area contributed by atoms with Crippen molar-refractivity contribution in [1.82, 2.24) is 0 Å². The molecule has 0 aromatic heterocycles. The van der Waals surface area contributed by atoms with Crippen LogP contribution >= 0.6 is 23.2 Å². The molecule has 0 radical (unpaired) electrons. The molecular formula is C9H10Cl2O. The summed E-state index contributed by atoms with van der Waals surface area (Å²) in [5.41, 5.74) is 0. The van der Waals surface area contributed by atoms with Gasteiger partial charge in [-0.25, -0.2) is 0 Å². The Balaban J connectivity index is 2.64. The van der Waals surface area contributed by atoms with Gasteiger partial charge >= 0.3 is 0 Å². The molecule has 0 saturated carbocycles. The van der Waals surface area contributed by atoms with Crippen molar-refractivity contribution >= 4 is 23.2 Å². The van der Waals surface area contributed by atoms with Gasteiger partial charge in [0.15, 0.2) is 0 Å². The third-order valence-electron chi connectivity index (χ3n) is 1.42. The first kappa shape index (κ1) is 9.69. The van der Waals surface area contributed by atoms with Crippen molar-refractivity contribution in [2.45, 2.75) is 17.9 Å². The van der Waals surface area contributed by atoms with E-state index in [1.807, 2.05) is 37.3 Å². The van der Waals surface area contributed by atoms with E-state index in [0.29, 0.717) is 12.2 Å². The summed E-state index contributed by atoms with van der Waals surface area (Å²) < 4.78 is 4.17. The van der Waals surface area contributed by atoms with Crippen LogP contribution in [0.15, 0.2) is 30.3 Å². The van der Waals surface area contributed by atoms with Crippen LogP contribution in [0.25, 0.3) is 0 Å². The molecule has 0 amide bonds. The summed E-state index contributed by atoms with van der Waals surface area (Å²) >= 11 is 11.6. The highest BCUT2D eigenvalue weighted by atomic mass is 35.5. The lowest BCUT2D eigenvalue weighted by Gasteiger charge is -2.19. The van der Waals surface area contributed by atoms with Crippen molar-refractivity contribution < 1.29 is 4.74 Å². The molecule has 0 spiro atoms. The number of benzene rings is 1. The standard InChI is InChI=1S/C9H10Cl2O/c1-2-9(10,11)12-8-6-4-3-5-7-8/h3-7H,2H2,1H3. The van der Waals surface area contributed by atoms with Crippen LogP contribution in [0, 0.1) is 0 Å². The smallest absolute Gasteiger partial charge is 0.257 e. The van der Waals surface area contributed by atoms with E-state index >= 15 is 0 Å². The van der Waals surface area contributed by atoms with E-state index in [-0.39, 0.29) is 0 Å². The second kappa shape index (κ2) is 4.01.